The molecule has 14 heteroatoms. The number of thioether (sulfide) groups is 1. The van der Waals surface area contributed by atoms with Crippen LogP contribution >= 0.6 is 35.1 Å². The van der Waals surface area contributed by atoms with Crippen molar-refractivity contribution in [1.29, 1.82) is 0 Å². The van der Waals surface area contributed by atoms with Crippen LogP contribution in [0.15, 0.2) is 101 Å². The van der Waals surface area contributed by atoms with Gasteiger partial charge in [0.1, 0.15) is 23.9 Å². The Hall–Kier alpha value is -4.69. The summed E-state index contributed by atoms with van der Waals surface area (Å²) in [5, 5.41) is 39.0. The van der Waals surface area contributed by atoms with E-state index in [4.69, 9.17) is 26.5 Å². The van der Waals surface area contributed by atoms with Crippen molar-refractivity contribution in [2.24, 2.45) is 0 Å². The molecule has 50 heavy (non-hydrogen) atoms. The number of urea groups is 1. The van der Waals surface area contributed by atoms with E-state index in [9.17, 15) is 9.90 Å². The van der Waals surface area contributed by atoms with Crippen LogP contribution in [-0.2, 0) is 12.0 Å². The second-order valence-electron chi connectivity index (χ2n) is 12.0. The molecule has 0 aliphatic carbocycles. The number of carbonyl (C=O) groups is 1. The van der Waals surface area contributed by atoms with Crippen LogP contribution in [0.4, 0.5) is 10.6 Å². The van der Waals surface area contributed by atoms with Gasteiger partial charge in [-0.05, 0) is 66.4 Å². The van der Waals surface area contributed by atoms with Gasteiger partial charge < -0.3 is 20.3 Å². The molecule has 4 N–H and O–H groups in total. The molecule has 0 unspecified atom stereocenters. The Morgan fingerprint density at radius 3 is 2.58 bits per heavy atom. The van der Waals surface area contributed by atoms with E-state index in [1.54, 1.807) is 40.3 Å². The number of nitrogens with zero attached hydrogens (tertiary/aromatic N) is 5. The Bertz CT molecular complexity index is 2120. The number of benzene rings is 3. The highest BCUT2D eigenvalue weighted by molar-refractivity contribution is 7.99. The van der Waals surface area contributed by atoms with Gasteiger partial charge in [-0.25, -0.2) is 9.48 Å². The third-order valence-corrected chi connectivity index (χ3v) is 10.2. The van der Waals surface area contributed by atoms with Crippen LogP contribution in [0.5, 0.6) is 11.5 Å². The maximum Gasteiger partial charge on any atom is 0.320 e. The van der Waals surface area contributed by atoms with Crippen molar-refractivity contribution in [3.05, 3.63) is 107 Å². The SMILES string of the molecule is CSCC(C)(C)c1cc(NC(=O)NCc2ccccc2Sc2ccc3nnc(-c4ccc(OCCO)cc4)n3c2)n(-c2ccc(Cl)c(O)c2)n1. The number of pyridine rings is 1. The quantitative estimate of drug-likeness (QED) is 0.0956. The minimum absolute atomic E-state index is 0.0499. The number of fused-ring (bicyclic) bond motifs is 1. The Morgan fingerprint density at radius 1 is 1.02 bits per heavy atom. The standard InChI is InChI=1S/C36H36ClN7O4S2/c1-36(2,22-49-3)31-19-33(44(42-31)25-10-14-28(37)29(46)18-25)39-35(47)38-20-24-6-4-5-7-30(24)50-27-13-15-32-40-41-34(43(32)21-27)23-8-11-26(12-9-23)48-17-16-45/h4-15,18-19,21,45-46H,16-17,20,22H2,1-3H3,(H2,38,39,47). The smallest absolute Gasteiger partial charge is 0.320 e. The molecule has 11 nitrogen and oxygen atoms in total. The molecule has 0 bridgehead atoms. The molecule has 0 radical (unpaired) electrons. The van der Waals surface area contributed by atoms with Crippen LogP contribution in [0.25, 0.3) is 22.7 Å². The first-order valence-corrected chi connectivity index (χ1v) is 18.3. The molecule has 6 aromatic rings. The summed E-state index contributed by atoms with van der Waals surface area (Å²) in [6, 6.07) is 25.6. The van der Waals surface area contributed by atoms with Crippen molar-refractivity contribution in [3.63, 3.8) is 0 Å². The van der Waals surface area contributed by atoms with Crippen molar-refractivity contribution >= 4 is 52.6 Å². The summed E-state index contributed by atoms with van der Waals surface area (Å²) < 4.78 is 9.03. The lowest BCUT2D eigenvalue weighted by Crippen LogP contribution is -2.29. The van der Waals surface area contributed by atoms with Crippen molar-refractivity contribution in [2.75, 3.05) is 30.5 Å². The van der Waals surface area contributed by atoms with Gasteiger partial charge in [0.2, 0.25) is 0 Å². The molecule has 3 aromatic carbocycles. The Labute approximate surface area is 303 Å². The number of hydrogen-bond donors (Lipinski definition) is 4. The first-order valence-electron chi connectivity index (χ1n) is 15.7. The number of amides is 2. The second kappa shape index (κ2) is 15.5. The average molecular weight is 730 g/mol. The molecule has 3 aromatic heterocycles. The van der Waals surface area contributed by atoms with Crippen molar-refractivity contribution in [1.82, 2.24) is 29.7 Å². The van der Waals surface area contributed by atoms with E-state index >= 15 is 0 Å². The van der Waals surface area contributed by atoms with Gasteiger partial charge in [0.05, 0.1) is 23.0 Å². The molecule has 0 saturated carbocycles. The summed E-state index contributed by atoms with van der Waals surface area (Å²) in [4.78, 5) is 15.3. The average Bonchev–Trinajstić information content (AvgIpc) is 3.73. The van der Waals surface area contributed by atoms with Gasteiger partial charge in [-0.2, -0.15) is 16.9 Å². The molecule has 0 aliphatic heterocycles. The second-order valence-corrected chi connectivity index (χ2v) is 14.4. The molecule has 0 fully saturated rings. The first kappa shape index (κ1) is 35.1. The number of aromatic nitrogens is 5. The summed E-state index contributed by atoms with van der Waals surface area (Å²) in [5.74, 6) is 2.57. The number of phenols is 1. The summed E-state index contributed by atoms with van der Waals surface area (Å²) in [6.45, 7) is 4.66. The van der Waals surface area contributed by atoms with E-state index in [1.165, 1.54) is 6.07 Å². The topological polar surface area (TPSA) is 139 Å². The van der Waals surface area contributed by atoms with E-state index in [-0.39, 0.29) is 35.9 Å². The minimum Gasteiger partial charge on any atom is -0.506 e. The van der Waals surface area contributed by atoms with Crippen LogP contribution in [0.1, 0.15) is 25.1 Å². The Morgan fingerprint density at radius 2 is 1.82 bits per heavy atom. The van der Waals surface area contributed by atoms with Gasteiger partial charge >= 0.3 is 6.03 Å². The lowest BCUT2D eigenvalue weighted by Gasteiger charge is -2.20. The zero-order chi connectivity index (χ0) is 35.3. The number of carbonyl (C=O) groups excluding carboxylic acids is 1. The summed E-state index contributed by atoms with van der Waals surface area (Å²) in [6.07, 6.45) is 4.04. The van der Waals surface area contributed by atoms with E-state index < -0.39 is 6.03 Å². The van der Waals surface area contributed by atoms with Crippen LogP contribution in [0, 0.1) is 0 Å². The van der Waals surface area contributed by atoms with Gasteiger partial charge in [-0.3, -0.25) is 9.72 Å². The molecule has 2 amide bonds. The lowest BCUT2D eigenvalue weighted by atomic mass is 9.92. The van der Waals surface area contributed by atoms with Crippen molar-refractivity contribution in [3.8, 4) is 28.6 Å². The third-order valence-electron chi connectivity index (χ3n) is 7.81. The molecule has 6 rings (SSSR count). The predicted molar refractivity (Wildman–Crippen MR) is 199 cm³/mol. The number of aliphatic hydroxyl groups excluding tert-OH is 1. The predicted octanol–water partition coefficient (Wildman–Crippen LogP) is 7.43. The highest BCUT2D eigenvalue weighted by Gasteiger charge is 2.26. The minimum atomic E-state index is -0.401. The number of halogens is 1. The first-order chi connectivity index (χ1) is 24.1. The van der Waals surface area contributed by atoms with E-state index in [0.717, 1.165) is 32.4 Å². The molecule has 0 saturated heterocycles. The van der Waals surface area contributed by atoms with Gasteiger partial charge in [-0.1, -0.05) is 55.4 Å². The fourth-order valence-corrected chi connectivity index (χ4v) is 7.22. The highest BCUT2D eigenvalue weighted by atomic mass is 35.5. The summed E-state index contributed by atoms with van der Waals surface area (Å²) in [5.41, 5.74) is 3.63. The maximum absolute atomic E-state index is 13.3. The number of phenolic OH excluding ortho intramolecular Hbond substituents is 1. The van der Waals surface area contributed by atoms with Gasteiger partial charge in [0.25, 0.3) is 0 Å². The van der Waals surface area contributed by atoms with E-state index in [0.29, 0.717) is 28.7 Å². The molecular formula is C36H36ClN7O4S2. The van der Waals surface area contributed by atoms with Gasteiger partial charge in [0, 0.05) is 51.4 Å². The molecule has 258 valence electrons. The summed E-state index contributed by atoms with van der Waals surface area (Å²) >= 11 is 9.36. The van der Waals surface area contributed by atoms with E-state index in [1.807, 2.05) is 83.6 Å². The lowest BCUT2D eigenvalue weighted by molar-refractivity contribution is 0.201. The van der Waals surface area contributed by atoms with Crippen molar-refractivity contribution in [2.45, 2.75) is 35.6 Å². The number of rotatable bonds is 13. The zero-order valence-corrected chi connectivity index (χ0v) is 30.0. The van der Waals surface area contributed by atoms with Crippen molar-refractivity contribution < 1.29 is 19.7 Å². The van der Waals surface area contributed by atoms with Gasteiger partial charge in [0.15, 0.2) is 11.5 Å². The molecule has 3 heterocycles. The Kier molecular flexibility index (Phi) is 10.9. The molecular weight excluding hydrogens is 694 g/mol. The number of aromatic hydroxyl groups is 1. The van der Waals surface area contributed by atoms with Crippen LogP contribution in [0.3, 0.4) is 0 Å². The number of hydrogen-bond acceptors (Lipinski definition) is 9. The third kappa shape index (κ3) is 8.02. The molecule has 0 atom stereocenters. The molecule has 0 spiro atoms. The maximum atomic E-state index is 13.3. The zero-order valence-electron chi connectivity index (χ0n) is 27.6. The van der Waals surface area contributed by atoms with Crippen LogP contribution in [0.2, 0.25) is 5.02 Å². The summed E-state index contributed by atoms with van der Waals surface area (Å²) in [7, 11) is 0. The monoisotopic (exact) mass is 729 g/mol. The number of nitrogens with one attached hydrogen (secondary N) is 2. The van der Waals surface area contributed by atoms with Crippen LogP contribution < -0.4 is 15.4 Å². The number of aliphatic hydroxyl groups is 1. The van der Waals surface area contributed by atoms with E-state index in [2.05, 4.69) is 34.7 Å². The van der Waals surface area contributed by atoms with Crippen LogP contribution in [-0.4, -0.2) is 65.8 Å². The fraction of sp³-hybridized carbons (Fsp3) is 0.222. The number of ether oxygens (including phenoxy) is 1. The fourth-order valence-electron chi connectivity index (χ4n) is 5.27. The Balaban J connectivity index is 1.18. The normalized spacial score (nSPS) is 11.5. The van der Waals surface area contributed by atoms with Gasteiger partial charge in [-0.15, -0.1) is 10.2 Å². The highest BCUT2D eigenvalue weighted by Crippen LogP contribution is 2.33. The number of anilines is 1. The largest absolute Gasteiger partial charge is 0.506 e. The molecule has 0 aliphatic rings.